The van der Waals surface area contributed by atoms with Crippen molar-refractivity contribution in [3.05, 3.63) is 57.9 Å². The van der Waals surface area contributed by atoms with Crippen LogP contribution in [0, 0.1) is 0 Å². The van der Waals surface area contributed by atoms with Gasteiger partial charge in [-0.05, 0) is 17.2 Å². The molecule has 0 aliphatic carbocycles. The molecule has 0 aliphatic rings. The van der Waals surface area contributed by atoms with Crippen molar-refractivity contribution in [2.24, 2.45) is 0 Å². The summed E-state index contributed by atoms with van der Waals surface area (Å²) in [7, 11) is 1.47. The lowest BCUT2D eigenvalue weighted by atomic mass is 10.1. The number of fused-ring (bicyclic) bond motifs is 1. The second-order valence-electron chi connectivity index (χ2n) is 5.52. The molecule has 0 spiro atoms. The number of aromatic amines is 1. The molecule has 0 fully saturated rings. The van der Waals surface area contributed by atoms with E-state index in [1.54, 1.807) is 36.4 Å². The number of nitrogens with one attached hydrogen (secondary N) is 1. The van der Waals surface area contributed by atoms with E-state index in [0.717, 1.165) is 5.56 Å². The Bertz CT molecular complexity index is 993. The van der Waals surface area contributed by atoms with Gasteiger partial charge in [0.15, 0.2) is 0 Å². The van der Waals surface area contributed by atoms with E-state index >= 15 is 0 Å². The van der Waals surface area contributed by atoms with Gasteiger partial charge in [0.25, 0.3) is 5.56 Å². The number of hydrogen-bond acceptors (Lipinski definition) is 5. The van der Waals surface area contributed by atoms with Crippen molar-refractivity contribution in [1.82, 2.24) is 9.97 Å². The van der Waals surface area contributed by atoms with Crippen molar-refractivity contribution in [1.29, 1.82) is 0 Å². The fourth-order valence-corrected chi connectivity index (χ4v) is 2.62. The zero-order valence-electron chi connectivity index (χ0n) is 13.4. The lowest BCUT2D eigenvalue weighted by Crippen LogP contribution is -2.13. The largest absolute Gasteiger partial charge is 0.497 e. The second-order valence-corrected chi connectivity index (χ2v) is 5.52. The first-order valence-corrected chi connectivity index (χ1v) is 7.54. The van der Waals surface area contributed by atoms with Crippen LogP contribution in [0.1, 0.15) is 11.1 Å². The summed E-state index contributed by atoms with van der Waals surface area (Å²) in [5, 5.41) is 18.2. The third kappa shape index (κ3) is 3.36. The van der Waals surface area contributed by atoms with Gasteiger partial charge in [-0.15, -0.1) is 0 Å². The number of rotatable bonds is 5. The molecule has 0 amide bonds. The Morgan fingerprint density at radius 1 is 1.24 bits per heavy atom. The van der Waals surface area contributed by atoms with E-state index in [4.69, 9.17) is 14.9 Å². The number of H-pyrrole nitrogens is 1. The summed E-state index contributed by atoms with van der Waals surface area (Å²) in [5.74, 6) is -0.558. The van der Waals surface area contributed by atoms with Crippen molar-refractivity contribution in [2.45, 2.75) is 13.0 Å². The number of hydrogen-bond donors (Lipinski definition) is 3. The molecule has 25 heavy (non-hydrogen) atoms. The van der Waals surface area contributed by atoms with E-state index in [1.807, 2.05) is 0 Å². The van der Waals surface area contributed by atoms with E-state index in [1.165, 1.54) is 7.11 Å². The molecule has 3 aromatic rings. The number of aliphatic hydroxyl groups excluding tert-OH is 1. The predicted octanol–water partition coefficient (Wildman–Crippen LogP) is 1.72. The van der Waals surface area contributed by atoms with E-state index in [9.17, 15) is 9.59 Å². The minimum atomic E-state index is -1.00. The summed E-state index contributed by atoms with van der Waals surface area (Å²) in [6.45, 7) is -0.0929. The lowest BCUT2D eigenvalue weighted by Gasteiger charge is -2.09. The fraction of sp³-hybridized carbons (Fsp3) is 0.167. The second kappa shape index (κ2) is 6.74. The van der Waals surface area contributed by atoms with Crippen LogP contribution in [0.4, 0.5) is 0 Å². The number of carbonyl (C=O) groups is 1. The number of carboxylic acid groups (broad SMARTS) is 1. The molecule has 3 N–H and O–H groups in total. The van der Waals surface area contributed by atoms with Gasteiger partial charge in [-0.3, -0.25) is 9.59 Å². The summed E-state index contributed by atoms with van der Waals surface area (Å²) >= 11 is 0. The number of methoxy groups -OCH3 is 1. The van der Waals surface area contributed by atoms with Crippen LogP contribution in [-0.2, 0) is 17.8 Å². The highest BCUT2D eigenvalue weighted by molar-refractivity contribution is 5.85. The zero-order valence-corrected chi connectivity index (χ0v) is 13.4. The first-order chi connectivity index (χ1) is 12.0. The van der Waals surface area contributed by atoms with Gasteiger partial charge in [0.1, 0.15) is 11.4 Å². The molecule has 0 radical (unpaired) electrons. The average molecular weight is 340 g/mol. The molecule has 3 rings (SSSR count). The third-order valence-electron chi connectivity index (χ3n) is 3.84. The fourth-order valence-electron chi connectivity index (χ4n) is 2.62. The maximum atomic E-state index is 12.4. The van der Waals surface area contributed by atoms with Gasteiger partial charge in [0.05, 0.1) is 31.2 Å². The van der Waals surface area contributed by atoms with Crippen LogP contribution in [-0.4, -0.2) is 33.3 Å². The Balaban J connectivity index is 2.22. The molecule has 1 aromatic heterocycles. The summed E-state index contributed by atoms with van der Waals surface area (Å²) in [4.78, 5) is 30.7. The molecule has 7 heteroatoms. The van der Waals surface area contributed by atoms with Gasteiger partial charge < -0.3 is 19.9 Å². The number of aliphatic carboxylic acids is 1. The van der Waals surface area contributed by atoms with E-state index in [0.29, 0.717) is 27.9 Å². The topological polar surface area (TPSA) is 113 Å². The van der Waals surface area contributed by atoms with Crippen LogP contribution in [0.2, 0.25) is 0 Å². The van der Waals surface area contributed by atoms with Gasteiger partial charge in [-0.2, -0.15) is 0 Å². The molecule has 0 bridgehead atoms. The van der Waals surface area contributed by atoms with Crippen molar-refractivity contribution in [3.8, 4) is 17.0 Å². The van der Waals surface area contributed by atoms with Crippen molar-refractivity contribution >= 4 is 17.0 Å². The Morgan fingerprint density at radius 2 is 1.96 bits per heavy atom. The van der Waals surface area contributed by atoms with E-state index in [-0.39, 0.29) is 18.7 Å². The van der Waals surface area contributed by atoms with Gasteiger partial charge in [-0.25, -0.2) is 4.98 Å². The summed E-state index contributed by atoms with van der Waals surface area (Å²) in [6.07, 6.45) is -0.240. The monoisotopic (exact) mass is 340 g/mol. The maximum absolute atomic E-state index is 12.4. The van der Waals surface area contributed by atoms with Crippen LogP contribution >= 0.6 is 0 Å². The molecule has 0 aliphatic heterocycles. The van der Waals surface area contributed by atoms with Crippen LogP contribution in [0.3, 0.4) is 0 Å². The molecule has 128 valence electrons. The summed E-state index contributed by atoms with van der Waals surface area (Å²) in [5.41, 5.74) is 2.37. The molecule has 0 saturated carbocycles. The quantitative estimate of drug-likeness (QED) is 0.652. The van der Waals surface area contributed by atoms with Crippen LogP contribution in [0.15, 0.2) is 41.2 Å². The van der Waals surface area contributed by atoms with Gasteiger partial charge in [0.2, 0.25) is 0 Å². The smallest absolute Gasteiger partial charge is 0.307 e. The number of benzene rings is 2. The molecule has 0 saturated heterocycles. The molecule has 0 unspecified atom stereocenters. The lowest BCUT2D eigenvalue weighted by molar-refractivity contribution is -0.136. The average Bonchev–Trinajstić information content (AvgIpc) is 2.60. The molecule has 1 heterocycles. The van der Waals surface area contributed by atoms with Gasteiger partial charge >= 0.3 is 5.97 Å². The number of nitrogens with zero attached hydrogens (tertiary/aromatic N) is 1. The van der Waals surface area contributed by atoms with Crippen molar-refractivity contribution in [2.75, 3.05) is 7.11 Å². The number of aromatic nitrogens is 2. The van der Waals surface area contributed by atoms with E-state index in [2.05, 4.69) is 9.97 Å². The maximum Gasteiger partial charge on any atom is 0.307 e. The Morgan fingerprint density at radius 3 is 2.56 bits per heavy atom. The number of ether oxygens (including phenoxy) is 1. The highest BCUT2D eigenvalue weighted by Gasteiger charge is 2.14. The van der Waals surface area contributed by atoms with Crippen LogP contribution in [0.25, 0.3) is 22.3 Å². The molecule has 0 atom stereocenters. The van der Waals surface area contributed by atoms with Crippen molar-refractivity contribution in [3.63, 3.8) is 0 Å². The number of carboxylic acids is 1. The van der Waals surface area contributed by atoms with E-state index < -0.39 is 11.5 Å². The first-order valence-electron chi connectivity index (χ1n) is 7.54. The summed E-state index contributed by atoms with van der Waals surface area (Å²) < 4.78 is 5.16. The van der Waals surface area contributed by atoms with Crippen LogP contribution < -0.4 is 10.3 Å². The molecule has 2 aromatic carbocycles. The zero-order chi connectivity index (χ0) is 18.0. The van der Waals surface area contributed by atoms with Crippen LogP contribution in [0.5, 0.6) is 5.75 Å². The predicted molar refractivity (Wildman–Crippen MR) is 91.6 cm³/mol. The van der Waals surface area contributed by atoms with Gasteiger partial charge in [0, 0.05) is 11.6 Å². The molecular formula is C18H16N2O5. The Kier molecular flexibility index (Phi) is 4.49. The summed E-state index contributed by atoms with van der Waals surface area (Å²) in [6, 6.07) is 9.98. The Hall–Kier alpha value is -3.19. The SMILES string of the molecule is COc1cc(CC(=O)O)c2nc(-c3ccc(CO)cc3)c(=O)[nH]c2c1. The minimum absolute atomic E-state index is 0.0929. The molecular weight excluding hydrogens is 324 g/mol. The molecule has 7 nitrogen and oxygen atoms in total. The number of aliphatic hydroxyl groups is 1. The highest BCUT2D eigenvalue weighted by Crippen LogP contribution is 2.24. The van der Waals surface area contributed by atoms with Crippen molar-refractivity contribution < 1.29 is 19.7 Å². The van der Waals surface area contributed by atoms with Gasteiger partial charge in [-0.1, -0.05) is 24.3 Å². The third-order valence-corrected chi connectivity index (χ3v) is 3.84. The normalized spacial score (nSPS) is 10.8. The minimum Gasteiger partial charge on any atom is -0.497 e. The Labute approximate surface area is 142 Å². The standard InChI is InChI=1S/C18H16N2O5/c1-25-13-6-12(7-15(22)23)16-14(8-13)19-18(24)17(20-16)11-4-2-10(9-21)3-5-11/h2-6,8,21H,7,9H2,1H3,(H,19,24)(H,22,23). The first kappa shape index (κ1) is 16.7. The highest BCUT2D eigenvalue weighted by atomic mass is 16.5.